The minimum absolute atomic E-state index is 0.0285. The number of anilines is 2. The number of H-pyrrole nitrogens is 1. The van der Waals surface area contributed by atoms with Gasteiger partial charge in [0.2, 0.25) is 5.95 Å². The van der Waals surface area contributed by atoms with Crippen LogP contribution in [0.5, 0.6) is 0 Å². The average Bonchev–Trinajstić information content (AvgIpc) is 3.44. The largest absolute Gasteiger partial charge is 0.381 e. The molecule has 2 atom stereocenters. The number of piperazine rings is 1. The number of likely N-dealkylation sites (N-methyl/N-ethyl adjacent to an activating group) is 1. The molecule has 0 amide bonds. The summed E-state index contributed by atoms with van der Waals surface area (Å²) in [7, 11) is 2.11. The standard InChI is InChI=1S/C23H27N9O2/c1-29-6-8-30(9-7-29)20-19-21(32(23(33)26-19)16-4-10-34-11-5-16)28-22(27-20)31-14-25-17-3-2-15(13-24)12-18(17)31/h2-3,12,14,16-18H,4-11H2,1H3,(H,26,33). The topological polar surface area (TPSA) is 119 Å². The van der Waals surface area contributed by atoms with Crippen molar-refractivity contribution >= 4 is 29.3 Å². The van der Waals surface area contributed by atoms with Crippen molar-refractivity contribution in [2.75, 3.05) is 56.2 Å². The van der Waals surface area contributed by atoms with Crippen molar-refractivity contribution in [2.24, 2.45) is 4.99 Å². The Morgan fingerprint density at radius 1 is 1.18 bits per heavy atom. The molecule has 6 rings (SSSR count). The maximum Gasteiger partial charge on any atom is 0.328 e. The zero-order valence-corrected chi connectivity index (χ0v) is 19.1. The Hall–Kier alpha value is -3.49. The van der Waals surface area contributed by atoms with Gasteiger partial charge in [0.1, 0.15) is 5.52 Å². The third-order valence-electron chi connectivity index (χ3n) is 7.11. The Kier molecular flexibility index (Phi) is 5.19. The van der Waals surface area contributed by atoms with E-state index in [9.17, 15) is 10.1 Å². The van der Waals surface area contributed by atoms with Gasteiger partial charge >= 0.3 is 5.69 Å². The second-order valence-electron chi connectivity index (χ2n) is 9.23. The number of imidazole rings is 1. The van der Waals surface area contributed by atoms with E-state index >= 15 is 0 Å². The second-order valence-corrected chi connectivity index (χ2v) is 9.23. The number of ether oxygens (including phenoxy) is 1. The van der Waals surface area contributed by atoms with Crippen LogP contribution in [0.1, 0.15) is 18.9 Å². The highest BCUT2D eigenvalue weighted by molar-refractivity contribution is 5.89. The van der Waals surface area contributed by atoms with Gasteiger partial charge in [0, 0.05) is 51.0 Å². The Morgan fingerprint density at radius 2 is 1.97 bits per heavy atom. The summed E-state index contributed by atoms with van der Waals surface area (Å²) in [6.07, 6.45) is 8.93. The van der Waals surface area contributed by atoms with Crippen LogP contribution in [-0.4, -0.2) is 89.3 Å². The quantitative estimate of drug-likeness (QED) is 0.714. The summed E-state index contributed by atoms with van der Waals surface area (Å²) in [4.78, 5) is 37.1. The van der Waals surface area contributed by atoms with Crippen molar-refractivity contribution in [1.82, 2.24) is 24.4 Å². The fraction of sp³-hybridized carbons (Fsp3) is 0.522. The first kappa shape index (κ1) is 21.1. The molecular weight excluding hydrogens is 434 g/mol. The van der Waals surface area contributed by atoms with Crippen LogP contribution in [0.2, 0.25) is 0 Å². The van der Waals surface area contributed by atoms with Gasteiger partial charge in [0.05, 0.1) is 24.5 Å². The van der Waals surface area contributed by atoms with E-state index in [-0.39, 0.29) is 23.8 Å². The van der Waals surface area contributed by atoms with Gasteiger partial charge in [0.25, 0.3) is 0 Å². The highest BCUT2D eigenvalue weighted by Crippen LogP contribution is 2.32. The number of nitrogens with zero attached hydrogens (tertiary/aromatic N) is 8. The molecule has 0 saturated carbocycles. The normalized spacial score (nSPS) is 25.6. The molecule has 34 heavy (non-hydrogen) atoms. The van der Waals surface area contributed by atoms with Gasteiger partial charge in [-0.15, -0.1) is 0 Å². The Balaban J connectivity index is 1.49. The number of aromatic amines is 1. The van der Waals surface area contributed by atoms with Crippen LogP contribution in [0.15, 0.2) is 33.6 Å². The third-order valence-corrected chi connectivity index (χ3v) is 7.11. The SMILES string of the molecule is CN1CCN(c2nc(N3C=NC4C=CC(C#N)=CC43)nc3c2[nH]c(=O)n3C2CCOCC2)CC1. The molecule has 5 heterocycles. The second kappa shape index (κ2) is 8.38. The predicted octanol–water partition coefficient (Wildman–Crippen LogP) is 0.828. The number of nitrogens with one attached hydrogen (secondary N) is 1. The van der Waals surface area contributed by atoms with Gasteiger partial charge in [-0.2, -0.15) is 15.2 Å². The molecule has 0 aromatic carbocycles. The predicted molar refractivity (Wildman–Crippen MR) is 128 cm³/mol. The first-order valence-corrected chi connectivity index (χ1v) is 11.8. The van der Waals surface area contributed by atoms with E-state index in [0.29, 0.717) is 35.9 Å². The maximum absolute atomic E-state index is 13.1. The third kappa shape index (κ3) is 3.50. The molecule has 11 nitrogen and oxygen atoms in total. The van der Waals surface area contributed by atoms with E-state index in [1.165, 1.54) is 0 Å². The summed E-state index contributed by atoms with van der Waals surface area (Å²) < 4.78 is 7.31. The maximum atomic E-state index is 13.1. The van der Waals surface area contributed by atoms with Crippen LogP contribution in [0, 0.1) is 11.3 Å². The first-order chi connectivity index (χ1) is 16.6. The van der Waals surface area contributed by atoms with E-state index in [0.717, 1.165) is 44.8 Å². The van der Waals surface area contributed by atoms with Gasteiger partial charge in [-0.25, -0.2) is 4.79 Å². The lowest BCUT2D eigenvalue weighted by Gasteiger charge is -2.34. The van der Waals surface area contributed by atoms with E-state index in [2.05, 4.69) is 32.9 Å². The van der Waals surface area contributed by atoms with E-state index in [4.69, 9.17) is 14.7 Å². The molecule has 3 aliphatic heterocycles. The lowest BCUT2D eigenvalue weighted by molar-refractivity contribution is 0.0697. The lowest BCUT2D eigenvalue weighted by atomic mass is 9.99. The fourth-order valence-corrected chi connectivity index (χ4v) is 5.14. The molecule has 0 radical (unpaired) electrons. The summed E-state index contributed by atoms with van der Waals surface area (Å²) >= 11 is 0. The Bertz CT molecular complexity index is 1290. The van der Waals surface area contributed by atoms with Crippen molar-refractivity contribution in [1.29, 1.82) is 5.26 Å². The highest BCUT2D eigenvalue weighted by atomic mass is 16.5. The molecule has 1 aliphatic carbocycles. The van der Waals surface area contributed by atoms with Crippen molar-refractivity contribution in [3.05, 3.63) is 34.3 Å². The minimum Gasteiger partial charge on any atom is -0.381 e. The number of hydrogen-bond donors (Lipinski definition) is 1. The number of nitriles is 1. The molecule has 11 heteroatoms. The number of allylic oxidation sites excluding steroid dienone is 2. The highest BCUT2D eigenvalue weighted by Gasteiger charge is 2.34. The fourth-order valence-electron chi connectivity index (χ4n) is 5.14. The Labute approximate surface area is 196 Å². The molecule has 2 saturated heterocycles. The monoisotopic (exact) mass is 461 g/mol. The molecular formula is C23H27N9O2. The molecule has 176 valence electrons. The van der Waals surface area contributed by atoms with E-state index in [1.54, 1.807) is 17.0 Å². The van der Waals surface area contributed by atoms with Crippen molar-refractivity contribution in [3.8, 4) is 6.07 Å². The molecule has 4 aliphatic rings. The minimum atomic E-state index is -0.167. The number of aromatic nitrogens is 4. The van der Waals surface area contributed by atoms with Gasteiger partial charge in [0.15, 0.2) is 11.5 Å². The smallest absolute Gasteiger partial charge is 0.328 e. The molecule has 2 aromatic heterocycles. The van der Waals surface area contributed by atoms with E-state index < -0.39 is 0 Å². The average molecular weight is 462 g/mol. The number of fused-ring (bicyclic) bond motifs is 2. The summed E-state index contributed by atoms with van der Waals surface area (Å²) in [5.41, 5.74) is 1.72. The number of rotatable bonds is 3. The molecule has 2 unspecified atom stereocenters. The molecule has 0 bridgehead atoms. The van der Waals surface area contributed by atoms with Gasteiger partial charge in [-0.05, 0) is 32.0 Å². The molecule has 0 spiro atoms. The lowest BCUT2D eigenvalue weighted by Crippen LogP contribution is -2.45. The zero-order valence-electron chi connectivity index (χ0n) is 19.1. The van der Waals surface area contributed by atoms with Gasteiger partial charge < -0.3 is 19.5 Å². The van der Waals surface area contributed by atoms with Crippen molar-refractivity contribution in [2.45, 2.75) is 31.0 Å². The van der Waals surface area contributed by atoms with Crippen LogP contribution in [0.25, 0.3) is 11.2 Å². The van der Waals surface area contributed by atoms with Crippen LogP contribution in [0.3, 0.4) is 0 Å². The Morgan fingerprint density at radius 3 is 2.74 bits per heavy atom. The van der Waals surface area contributed by atoms with Crippen LogP contribution >= 0.6 is 0 Å². The first-order valence-electron chi connectivity index (χ1n) is 11.8. The summed E-state index contributed by atoms with van der Waals surface area (Å²) in [5, 5.41) is 9.41. The van der Waals surface area contributed by atoms with Crippen molar-refractivity contribution < 1.29 is 4.74 Å². The van der Waals surface area contributed by atoms with E-state index in [1.807, 2.05) is 17.1 Å². The van der Waals surface area contributed by atoms with Gasteiger partial charge in [-0.3, -0.25) is 14.5 Å². The summed E-state index contributed by atoms with van der Waals surface area (Å²) in [6, 6.07) is 1.99. The summed E-state index contributed by atoms with van der Waals surface area (Å²) in [6.45, 7) is 4.72. The number of aliphatic imine (C=N–C) groups is 1. The molecule has 2 aromatic rings. The molecule has 1 N–H and O–H groups in total. The van der Waals surface area contributed by atoms with Crippen molar-refractivity contribution in [3.63, 3.8) is 0 Å². The summed E-state index contributed by atoms with van der Waals surface area (Å²) in [5.74, 6) is 1.23. The van der Waals surface area contributed by atoms with Crippen LogP contribution in [0.4, 0.5) is 11.8 Å². The van der Waals surface area contributed by atoms with Gasteiger partial charge in [-0.1, -0.05) is 6.08 Å². The molecule has 2 fully saturated rings. The van der Waals surface area contributed by atoms with Crippen LogP contribution < -0.4 is 15.5 Å². The zero-order chi connectivity index (χ0) is 23.2. The number of hydrogen-bond acceptors (Lipinski definition) is 9. The van der Waals surface area contributed by atoms with Crippen LogP contribution in [-0.2, 0) is 4.74 Å².